The van der Waals surface area contributed by atoms with Gasteiger partial charge in [-0.05, 0) is 63.2 Å². The number of hydrogen-bond donors (Lipinski definition) is 1. The van der Waals surface area contributed by atoms with Crippen molar-refractivity contribution >= 4 is 29.4 Å². The number of nitrogens with one attached hydrogen (secondary N) is 1. The van der Waals surface area contributed by atoms with Crippen LogP contribution in [-0.4, -0.2) is 46.9 Å². The molecule has 3 heterocycles. The summed E-state index contributed by atoms with van der Waals surface area (Å²) >= 11 is 1.50. The largest absolute Gasteiger partial charge is 0.352 e. The molecule has 1 aliphatic heterocycles. The number of pyridine rings is 1. The summed E-state index contributed by atoms with van der Waals surface area (Å²) in [6, 6.07) is 16.6. The van der Waals surface area contributed by atoms with Crippen LogP contribution >= 0.6 is 11.8 Å². The molecule has 0 bridgehead atoms. The van der Waals surface area contributed by atoms with Crippen LogP contribution in [0, 0.1) is 0 Å². The van der Waals surface area contributed by atoms with Gasteiger partial charge in [-0.15, -0.1) is 0 Å². The van der Waals surface area contributed by atoms with Gasteiger partial charge in [0.1, 0.15) is 5.65 Å². The lowest BCUT2D eigenvalue weighted by Gasteiger charge is -2.17. The van der Waals surface area contributed by atoms with Crippen LogP contribution in [0.4, 0.5) is 0 Å². The number of aromatic nitrogens is 2. The first-order chi connectivity index (χ1) is 14.2. The van der Waals surface area contributed by atoms with Crippen molar-refractivity contribution in [2.24, 2.45) is 0 Å². The van der Waals surface area contributed by atoms with Gasteiger partial charge in [-0.1, -0.05) is 48.2 Å². The van der Waals surface area contributed by atoms with Crippen molar-refractivity contribution in [3.8, 4) is 0 Å². The Labute approximate surface area is 175 Å². The number of thioether (sulfide) groups is 1. The monoisotopic (exact) mass is 406 g/mol. The van der Waals surface area contributed by atoms with Gasteiger partial charge >= 0.3 is 0 Å². The molecule has 1 amide bonds. The predicted octanol–water partition coefficient (Wildman–Crippen LogP) is 3.85. The summed E-state index contributed by atoms with van der Waals surface area (Å²) in [5, 5.41) is 4.09. The van der Waals surface area contributed by atoms with Gasteiger partial charge in [0.2, 0.25) is 0 Å². The number of carbonyl (C=O) groups excluding carboxylic acids is 1. The van der Waals surface area contributed by atoms with Crippen LogP contribution in [0.2, 0.25) is 0 Å². The quantitative estimate of drug-likeness (QED) is 0.549. The Hall–Kier alpha value is -2.57. The van der Waals surface area contributed by atoms with Crippen molar-refractivity contribution in [3.63, 3.8) is 0 Å². The lowest BCUT2D eigenvalue weighted by Crippen LogP contribution is -2.29. The van der Waals surface area contributed by atoms with Crippen LogP contribution in [0.5, 0.6) is 0 Å². The smallest absolute Gasteiger partial charge is 0.258 e. The SMILES string of the molecule is CN(CCCNC(=O)C1=Cc2cnc3cccc(n23)S1)CCCc1ccccc1. The van der Waals surface area contributed by atoms with Gasteiger partial charge in [0, 0.05) is 6.54 Å². The summed E-state index contributed by atoms with van der Waals surface area (Å²) in [7, 11) is 2.15. The normalized spacial score (nSPS) is 13.0. The Bertz CT molecular complexity index is 1010. The first-order valence-electron chi connectivity index (χ1n) is 10.1. The van der Waals surface area contributed by atoms with E-state index in [1.165, 1.54) is 17.3 Å². The summed E-state index contributed by atoms with van der Waals surface area (Å²) in [4.78, 5) is 20.0. The second kappa shape index (κ2) is 9.29. The molecule has 4 rings (SSSR count). The van der Waals surface area contributed by atoms with Crippen LogP contribution in [0.15, 0.2) is 64.7 Å². The van der Waals surface area contributed by atoms with E-state index in [0.29, 0.717) is 6.54 Å². The van der Waals surface area contributed by atoms with E-state index in [9.17, 15) is 4.79 Å². The molecular formula is C23H26N4OS. The van der Waals surface area contributed by atoms with Gasteiger partial charge < -0.3 is 10.2 Å². The third-order valence-corrected chi connectivity index (χ3v) is 6.14. The zero-order valence-corrected chi connectivity index (χ0v) is 17.5. The minimum Gasteiger partial charge on any atom is -0.352 e. The zero-order valence-electron chi connectivity index (χ0n) is 16.7. The average Bonchev–Trinajstić information content (AvgIpc) is 3.16. The van der Waals surface area contributed by atoms with Crippen molar-refractivity contribution in [2.45, 2.75) is 24.3 Å². The van der Waals surface area contributed by atoms with Gasteiger partial charge in [-0.3, -0.25) is 9.20 Å². The van der Waals surface area contributed by atoms with Crippen LogP contribution in [-0.2, 0) is 11.2 Å². The van der Waals surface area contributed by atoms with Crippen molar-refractivity contribution in [3.05, 3.63) is 70.9 Å². The highest BCUT2D eigenvalue weighted by Gasteiger charge is 2.19. The maximum atomic E-state index is 12.6. The molecular weight excluding hydrogens is 380 g/mol. The van der Waals surface area contributed by atoms with E-state index in [2.05, 4.69) is 57.0 Å². The van der Waals surface area contributed by atoms with E-state index >= 15 is 0 Å². The third kappa shape index (κ3) is 4.89. The Morgan fingerprint density at radius 3 is 2.79 bits per heavy atom. The van der Waals surface area contributed by atoms with Crippen molar-refractivity contribution in [1.29, 1.82) is 0 Å². The number of carbonyl (C=O) groups is 1. The molecule has 6 heteroatoms. The van der Waals surface area contributed by atoms with Crippen molar-refractivity contribution in [1.82, 2.24) is 19.6 Å². The highest BCUT2D eigenvalue weighted by molar-refractivity contribution is 8.04. The van der Waals surface area contributed by atoms with E-state index < -0.39 is 0 Å². The molecule has 150 valence electrons. The molecule has 3 aromatic rings. The molecule has 1 aromatic carbocycles. The fourth-order valence-corrected chi connectivity index (χ4v) is 4.55. The standard InChI is InChI=1S/C23H26N4OS/c1-26(14-6-10-18-8-3-2-4-9-18)15-7-13-24-23(28)20-16-19-17-25-21-11-5-12-22(29-20)27(19)21/h2-5,8-9,11-12,16-17H,6-7,10,13-15H2,1H3,(H,24,28). The van der Waals surface area contributed by atoms with Gasteiger partial charge in [0.25, 0.3) is 5.91 Å². The Kier molecular flexibility index (Phi) is 6.32. The summed E-state index contributed by atoms with van der Waals surface area (Å²) < 4.78 is 2.08. The molecule has 0 radical (unpaired) electrons. The molecule has 0 saturated carbocycles. The lowest BCUT2D eigenvalue weighted by molar-refractivity contribution is -0.116. The molecule has 2 aromatic heterocycles. The summed E-state index contributed by atoms with van der Waals surface area (Å²) in [5.41, 5.74) is 3.26. The molecule has 1 N–H and O–H groups in total. The van der Waals surface area contributed by atoms with E-state index in [1.807, 2.05) is 30.5 Å². The van der Waals surface area contributed by atoms with E-state index in [1.54, 1.807) is 0 Å². The first kappa shape index (κ1) is 19.7. The second-order valence-electron chi connectivity index (χ2n) is 7.35. The van der Waals surface area contributed by atoms with Gasteiger partial charge in [0.15, 0.2) is 0 Å². The van der Waals surface area contributed by atoms with Gasteiger partial charge in [-0.2, -0.15) is 0 Å². The van der Waals surface area contributed by atoms with E-state index in [0.717, 1.165) is 53.6 Å². The van der Waals surface area contributed by atoms with E-state index in [4.69, 9.17) is 0 Å². The summed E-state index contributed by atoms with van der Waals surface area (Å²) in [6.07, 6.45) is 6.93. The molecule has 29 heavy (non-hydrogen) atoms. The highest BCUT2D eigenvalue weighted by Crippen LogP contribution is 2.34. The molecule has 1 aliphatic rings. The van der Waals surface area contributed by atoms with Crippen molar-refractivity contribution < 1.29 is 4.79 Å². The molecule has 0 spiro atoms. The minimum absolute atomic E-state index is 0.00816. The Morgan fingerprint density at radius 2 is 1.93 bits per heavy atom. The average molecular weight is 407 g/mol. The number of amides is 1. The van der Waals surface area contributed by atoms with E-state index in [-0.39, 0.29) is 5.91 Å². The number of rotatable bonds is 9. The molecule has 0 unspecified atom stereocenters. The Morgan fingerprint density at radius 1 is 1.10 bits per heavy atom. The number of aryl methyl sites for hydroxylation is 1. The maximum Gasteiger partial charge on any atom is 0.258 e. The summed E-state index contributed by atoms with van der Waals surface area (Å²) in [5.74, 6) is -0.00816. The van der Waals surface area contributed by atoms with Crippen LogP contribution in [0.1, 0.15) is 24.1 Å². The third-order valence-electron chi connectivity index (χ3n) is 5.09. The topological polar surface area (TPSA) is 49.6 Å². The number of hydrogen-bond acceptors (Lipinski definition) is 4. The maximum absolute atomic E-state index is 12.6. The molecule has 0 fully saturated rings. The molecule has 5 nitrogen and oxygen atoms in total. The highest BCUT2D eigenvalue weighted by atomic mass is 32.2. The second-order valence-corrected chi connectivity index (χ2v) is 8.42. The molecule has 0 saturated heterocycles. The molecule has 0 aliphatic carbocycles. The minimum atomic E-state index is -0.00816. The predicted molar refractivity (Wildman–Crippen MR) is 119 cm³/mol. The van der Waals surface area contributed by atoms with Crippen LogP contribution < -0.4 is 5.32 Å². The van der Waals surface area contributed by atoms with Crippen molar-refractivity contribution in [2.75, 3.05) is 26.7 Å². The number of nitrogens with zero attached hydrogens (tertiary/aromatic N) is 3. The Balaban J connectivity index is 1.18. The molecule has 0 atom stereocenters. The van der Waals surface area contributed by atoms with Gasteiger partial charge in [0.05, 0.1) is 21.8 Å². The first-order valence-corrected chi connectivity index (χ1v) is 10.9. The fraction of sp³-hybridized carbons (Fsp3) is 0.304. The van der Waals surface area contributed by atoms with Crippen LogP contribution in [0.25, 0.3) is 11.7 Å². The van der Waals surface area contributed by atoms with Crippen LogP contribution in [0.3, 0.4) is 0 Å². The number of benzene rings is 1. The van der Waals surface area contributed by atoms with Gasteiger partial charge in [-0.25, -0.2) is 4.98 Å². The summed E-state index contributed by atoms with van der Waals surface area (Å²) in [6.45, 7) is 2.73. The lowest BCUT2D eigenvalue weighted by atomic mass is 10.1. The zero-order chi connectivity index (χ0) is 20.1. The number of imidazole rings is 1. The fourth-order valence-electron chi connectivity index (χ4n) is 3.55.